The van der Waals surface area contributed by atoms with Crippen LogP contribution in [-0.2, 0) is 10.3 Å². The predicted molar refractivity (Wildman–Crippen MR) is 76.4 cm³/mol. The van der Waals surface area contributed by atoms with Crippen LogP contribution in [0.25, 0.3) is 0 Å². The second-order valence-corrected chi connectivity index (χ2v) is 7.25. The van der Waals surface area contributed by atoms with Gasteiger partial charge in [0.05, 0.1) is 0 Å². The minimum absolute atomic E-state index is 0.236. The third-order valence-electron chi connectivity index (χ3n) is 4.26. The second kappa shape index (κ2) is 4.64. The lowest BCUT2D eigenvalue weighted by molar-refractivity contribution is -0.132. The molecule has 1 aliphatic carbocycles. The van der Waals surface area contributed by atoms with Gasteiger partial charge >= 0.3 is 6.09 Å². The van der Waals surface area contributed by atoms with Crippen LogP contribution in [0.4, 0.5) is 4.79 Å². The number of carbonyl (C=O) groups excluding carboxylic acids is 1. The van der Waals surface area contributed by atoms with Gasteiger partial charge in [0.15, 0.2) is 5.82 Å². The van der Waals surface area contributed by atoms with Crippen molar-refractivity contribution >= 4 is 6.09 Å². The molecule has 1 saturated carbocycles. The Hall–Kier alpha value is -1.72. The van der Waals surface area contributed by atoms with Gasteiger partial charge in [-0.3, -0.25) is 4.90 Å². The zero-order chi connectivity index (χ0) is 15.3. The van der Waals surface area contributed by atoms with Crippen LogP contribution in [0.15, 0.2) is 12.7 Å². The van der Waals surface area contributed by atoms with Gasteiger partial charge in [-0.05, 0) is 46.0 Å². The normalized spacial score (nSPS) is 31.5. The largest absolute Gasteiger partial charge is 0.444 e. The number of amides is 1. The van der Waals surface area contributed by atoms with Crippen molar-refractivity contribution in [2.45, 2.75) is 64.1 Å². The van der Waals surface area contributed by atoms with Gasteiger partial charge in [-0.2, -0.15) is 0 Å². The molecule has 0 radical (unpaired) electrons. The molecule has 2 aliphatic heterocycles. The first-order valence-electron chi connectivity index (χ1n) is 7.47. The molecule has 1 amide bonds. The molecule has 3 aliphatic rings. The fraction of sp³-hybridized carbons (Fsp3) is 0.733. The number of nitrogens with zero attached hydrogens (tertiary/aromatic N) is 4. The molecule has 1 aromatic heterocycles. The fourth-order valence-electron chi connectivity index (χ4n) is 3.72. The Morgan fingerprint density at radius 2 is 2.00 bits per heavy atom. The van der Waals surface area contributed by atoms with E-state index < -0.39 is 11.1 Å². The Kier molecular flexibility index (Phi) is 3.15. The minimum Gasteiger partial charge on any atom is -0.444 e. The van der Waals surface area contributed by atoms with E-state index in [1.807, 2.05) is 25.7 Å². The van der Waals surface area contributed by atoms with Gasteiger partial charge in [-0.1, -0.05) is 6.92 Å². The minimum atomic E-state index is -0.493. The van der Waals surface area contributed by atoms with Crippen molar-refractivity contribution in [3.63, 3.8) is 0 Å². The highest BCUT2D eigenvalue weighted by Gasteiger charge is 2.61. The monoisotopic (exact) mass is 290 g/mol. The van der Waals surface area contributed by atoms with Crippen molar-refractivity contribution in [2.24, 2.45) is 5.92 Å². The number of hydrogen-bond acceptors (Lipinski definition) is 5. The average Bonchev–Trinajstić information content (AvgIpc) is 2.36. The van der Waals surface area contributed by atoms with E-state index in [9.17, 15) is 4.79 Å². The van der Waals surface area contributed by atoms with E-state index in [-0.39, 0.29) is 12.1 Å². The Morgan fingerprint density at radius 1 is 1.33 bits per heavy atom. The number of rotatable bonds is 1. The molecule has 3 fully saturated rings. The molecular formula is C15H22N4O2. The van der Waals surface area contributed by atoms with Gasteiger partial charge < -0.3 is 4.74 Å². The molecule has 0 N–H and O–H groups in total. The molecule has 2 bridgehead atoms. The van der Waals surface area contributed by atoms with Crippen molar-refractivity contribution in [1.29, 1.82) is 0 Å². The van der Waals surface area contributed by atoms with Crippen LogP contribution >= 0.6 is 0 Å². The lowest BCUT2D eigenvalue weighted by atomic mass is 9.64. The van der Waals surface area contributed by atoms with E-state index >= 15 is 0 Å². The van der Waals surface area contributed by atoms with Gasteiger partial charge in [-0.15, -0.1) is 0 Å². The summed E-state index contributed by atoms with van der Waals surface area (Å²) >= 11 is 0. The van der Waals surface area contributed by atoms with Crippen LogP contribution < -0.4 is 0 Å². The van der Waals surface area contributed by atoms with Gasteiger partial charge in [0.25, 0.3) is 0 Å². The molecule has 0 aromatic carbocycles. The van der Waals surface area contributed by atoms with E-state index in [0.717, 1.165) is 19.3 Å². The van der Waals surface area contributed by atoms with Crippen LogP contribution in [0, 0.1) is 5.92 Å². The summed E-state index contributed by atoms with van der Waals surface area (Å²) in [6.07, 6.45) is 5.55. The Labute approximate surface area is 124 Å². The number of ether oxygens (including phenoxy) is 1. The smallest absolute Gasteiger partial charge is 0.411 e. The number of piperidine rings is 1. The number of hydrogen-bond donors (Lipinski definition) is 0. The third-order valence-corrected chi connectivity index (χ3v) is 4.26. The van der Waals surface area contributed by atoms with Crippen LogP contribution in [0.3, 0.4) is 0 Å². The van der Waals surface area contributed by atoms with Gasteiger partial charge in [0, 0.05) is 6.04 Å². The van der Waals surface area contributed by atoms with E-state index in [2.05, 4.69) is 21.9 Å². The Balaban J connectivity index is 1.91. The fourth-order valence-corrected chi connectivity index (χ4v) is 3.72. The van der Waals surface area contributed by atoms with Crippen LogP contribution in [0.5, 0.6) is 0 Å². The highest BCUT2D eigenvalue weighted by atomic mass is 16.6. The molecule has 114 valence electrons. The molecule has 3 atom stereocenters. The van der Waals surface area contributed by atoms with E-state index in [1.165, 1.54) is 12.7 Å². The Morgan fingerprint density at radius 3 is 2.62 bits per heavy atom. The summed E-state index contributed by atoms with van der Waals surface area (Å²) in [5, 5.41) is 0. The zero-order valence-corrected chi connectivity index (χ0v) is 13.0. The summed E-state index contributed by atoms with van der Waals surface area (Å²) in [4.78, 5) is 26.9. The summed E-state index contributed by atoms with van der Waals surface area (Å²) < 4.78 is 5.58. The van der Waals surface area contributed by atoms with Gasteiger partial charge in [0.1, 0.15) is 23.8 Å². The van der Waals surface area contributed by atoms with Crippen molar-refractivity contribution in [1.82, 2.24) is 19.9 Å². The Bertz CT molecular complexity index is 542. The molecule has 4 rings (SSSR count). The molecule has 0 spiro atoms. The molecule has 21 heavy (non-hydrogen) atoms. The first kappa shape index (κ1) is 14.2. The molecule has 6 nitrogen and oxygen atoms in total. The zero-order valence-electron chi connectivity index (χ0n) is 13.0. The van der Waals surface area contributed by atoms with Crippen molar-refractivity contribution in [3.05, 3.63) is 18.5 Å². The van der Waals surface area contributed by atoms with Crippen molar-refractivity contribution in [2.75, 3.05) is 0 Å². The van der Waals surface area contributed by atoms with E-state index in [0.29, 0.717) is 11.7 Å². The second-order valence-electron chi connectivity index (χ2n) is 7.25. The third kappa shape index (κ3) is 2.36. The highest BCUT2D eigenvalue weighted by Crippen LogP contribution is 2.55. The molecule has 3 heterocycles. The SMILES string of the molecule is C[C@@H]1CC2CC(c3ncncn3)(C1)N2C(=O)OC(C)(C)C. The molecule has 2 unspecified atom stereocenters. The number of fused-ring (bicyclic) bond motifs is 2. The van der Waals surface area contributed by atoms with Crippen molar-refractivity contribution in [3.8, 4) is 0 Å². The number of carbonyl (C=O) groups is 1. The molecule has 2 saturated heterocycles. The summed E-state index contributed by atoms with van der Waals surface area (Å²) in [6.45, 7) is 7.88. The van der Waals surface area contributed by atoms with Gasteiger partial charge in [-0.25, -0.2) is 19.7 Å². The van der Waals surface area contributed by atoms with Crippen molar-refractivity contribution < 1.29 is 9.53 Å². The van der Waals surface area contributed by atoms with Crippen LogP contribution in [-0.4, -0.2) is 37.6 Å². The quantitative estimate of drug-likeness (QED) is 0.795. The maximum Gasteiger partial charge on any atom is 0.411 e. The maximum atomic E-state index is 12.6. The lowest BCUT2D eigenvalue weighted by Crippen LogP contribution is -2.70. The van der Waals surface area contributed by atoms with E-state index in [1.54, 1.807) is 0 Å². The average molecular weight is 290 g/mol. The summed E-state index contributed by atoms with van der Waals surface area (Å²) in [7, 11) is 0. The predicted octanol–water partition coefficient (Wildman–Crippen LogP) is 2.51. The maximum absolute atomic E-state index is 12.6. The molecular weight excluding hydrogens is 268 g/mol. The summed E-state index contributed by atoms with van der Waals surface area (Å²) in [5.74, 6) is 1.24. The lowest BCUT2D eigenvalue weighted by Gasteiger charge is -2.61. The van der Waals surface area contributed by atoms with E-state index in [4.69, 9.17) is 4.74 Å². The first-order valence-corrected chi connectivity index (χ1v) is 7.47. The number of aromatic nitrogens is 3. The standard InChI is InChI=1S/C15H22N4O2/c1-10-5-11-7-15(6-10,12-17-8-16-9-18-12)19(11)13(20)21-14(2,3)4/h8-11H,5-7H2,1-4H3/t10-,11?,15?/m1/s1. The molecule has 1 aromatic rings. The van der Waals surface area contributed by atoms with Crippen LogP contribution in [0.2, 0.25) is 0 Å². The first-order chi connectivity index (χ1) is 9.82. The molecule has 6 heteroatoms. The van der Waals surface area contributed by atoms with Crippen LogP contribution in [0.1, 0.15) is 52.8 Å². The summed E-state index contributed by atoms with van der Waals surface area (Å²) in [5.41, 5.74) is -0.902. The summed E-state index contributed by atoms with van der Waals surface area (Å²) in [6, 6.07) is 0.236. The van der Waals surface area contributed by atoms with Gasteiger partial charge in [0.2, 0.25) is 0 Å². The highest BCUT2D eigenvalue weighted by molar-refractivity contribution is 5.71. The topological polar surface area (TPSA) is 68.2 Å².